The van der Waals surface area contributed by atoms with E-state index in [4.69, 9.17) is 4.74 Å². The maximum atomic E-state index is 12.7. The van der Waals surface area contributed by atoms with Gasteiger partial charge in [0.05, 0.1) is 18.6 Å². The summed E-state index contributed by atoms with van der Waals surface area (Å²) in [6, 6.07) is 0. The average Bonchev–Trinajstić information content (AvgIpc) is 3.13. The van der Waals surface area contributed by atoms with Crippen LogP contribution >= 0.6 is 0 Å². The van der Waals surface area contributed by atoms with Gasteiger partial charge in [-0.15, -0.1) is 0 Å². The number of hydrogen-bond donors (Lipinski definition) is 1. The molecule has 1 spiro atoms. The third-order valence-corrected chi connectivity index (χ3v) is 5.22. The molecule has 0 aromatic rings. The lowest BCUT2D eigenvalue weighted by atomic mass is 9.77. The number of carboxylic acid groups (broad SMARTS) is 1. The van der Waals surface area contributed by atoms with E-state index >= 15 is 0 Å². The Labute approximate surface area is 142 Å². The SMILES string of the molecule is CC(C)=CCC/C(C)=C\CN1CC23C=CC(O2)C(C(=O)O)C3C1=O. The molecule has 4 atom stereocenters. The Kier molecular flexibility index (Phi) is 4.38. The van der Waals surface area contributed by atoms with Crippen LogP contribution in [0.4, 0.5) is 0 Å². The largest absolute Gasteiger partial charge is 0.481 e. The molecule has 2 fully saturated rings. The number of carboxylic acids is 1. The zero-order valence-electron chi connectivity index (χ0n) is 14.5. The first-order valence-electron chi connectivity index (χ1n) is 8.52. The molecule has 3 rings (SSSR count). The summed E-state index contributed by atoms with van der Waals surface area (Å²) in [7, 11) is 0. The van der Waals surface area contributed by atoms with Crippen molar-refractivity contribution in [1.29, 1.82) is 0 Å². The summed E-state index contributed by atoms with van der Waals surface area (Å²) >= 11 is 0. The fraction of sp³-hybridized carbons (Fsp3) is 0.579. The van der Waals surface area contributed by atoms with Gasteiger partial charge in [0.2, 0.25) is 5.91 Å². The maximum absolute atomic E-state index is 12.7. The fourth-order valence-electron chi connectivity index (χ4n) is 3.97. The molecule has 4 unspecified atom stereocenters. The summed E-state index contributed by atoms with van der Waals surface area (Å²) in [5, 5.41) is 9.44. The van der Waals surface area contributed by atoms with E-state index < -0.39 is 29.5 Å². The second kappa shape index (κ2) is 6.20. The van der Waals surface area contributed by atoms with Gasteiger partial charge in [0, 0.05) is 6.54 Å². The summed E-state index contributed by atoms with van der Waals surface area (Å²) in [6.45, 7) is 7.21. The number of fused-ring (bicyclic) bond motifs is 1. The number of rotatable bonds is 6. The van der Waals surface area contributed by atoms with Crippen LogP contribution in [-0.4, -0.2) is 46.7 Å². The summed E-state index contributed by atoms with van der Waals surface area (Å²) in [6.07, 6.45) is 9.48. The van der Waals surface area contributed by atoms with Crippen molar-refractivity contribution < 1.29 is 19.4 Å². The lowest BCUT2D eigenvalue weighted by Crippen LogP contribution is -2.39. The Bertz CT molecular complexity index is 644. The van der Waals surface area contributed by atoms with Crippen molar-refractivity contribution in [3.8, 4) is 0 Å². The summed E-state index contributed by atoms with van der Waals surface area (Å²) in [5.41, 5.74) is 1.82. The van der Waals surface area contributed by atoms with Crippen LogP contribution in [0.5, 0.6) is 0 Å². The van der Waals surface area contributed by atoms with Crippen LogP contribution in [0.25, 0.3) is 0 Å². The third kappa shape index (κ3) is 2.81. The Morgan fingerprint density at radius 1 is 1.42 bits per heavy atom. The van der Waals surface area contributed by atoms with Gasteiger partial charge in [0.25, 0.3) is 0 Å². The lowest BCUT2D eigenvalue weighted by Gasteiger charge is -2.21. The van der Waals surface area contributed by atoms with Crippen molar-refractivity contribution in [2.24, 2.45) is 11.8 Å². The van der Waals surface area contributed by atoms with Gasteiger partial charge in [-0.1, -0.05) is 35.5 Å². The molecule has 3 aliphatic rings. The molecule has 5 heteroatoms. The van der Waals surface area contributed by atoms with Crippen molar-refractivity contribution in [3.63, 3.8) is 0 Å². The van der Waals surface area contributed by atoms with E-state index in [1.54, 1.807) is 11.0 Å². The second-order valence-corrected chi connectivity index (χ2v) is 7.33. The Balaban J connectivity index is 1.66. The molecule has 5 nitrogen and oxygen atoms in total. The van der Waals surface area contributed by atoms with Crippen LogP contribution in [-0.2, 0) is 14.3 Å². The highest BCUT2D eigenvalue weighted by molar-refractivity contribution is 5.90. The standard InChI is InChI=1S/C19H25NO4/c1-12(2)5-4-6-13(3)8-10-20-11-19-9-7-14(24-19)15(18(22)23)16(19)17(20)21/h5,7-9,14-16H,4,6,10-11H2,1-3H3,(H,22,23)/b13-8-. The molecule has 2 saturated heterocycles. The highest BCUT2D eigenvalue weighted by atomic mass is 16.5. The van der Waals surface area contributed by atoms with Crippen molar-refractivity contribution >= 4 is 11.9 Å². The second-order valence-electron chi connectivity index (χ2n) is 7.33. The smallest absolute Gasteiger partial charge is 0.310 e. The van der Waals surface area contributed by atoms with Gasteiger partial charge < -0.3 is 14.7 Å². The van der Waals surface area contributed by atoms with Crippen LogP contribution in [0, 0.1) is 11.8 Å². The number of likely N-dealkylation sites (tertiary alicyclic amines) is 1. The van der Waals surface area contributed by atoms with Crippen LogP contribution in [0.3, 0.4) is 0 Å². The Hall–Kier alpha value is -1.88. The van der Waals surface area contributed by atoms with E-state index in [9.17, 15) is 14.7 Å². The quantitative estimate of drug-likeness (QED) is 0.760. The number of allylic oxidation sites excluding steroid dienone is 3. The van der Waals surface area contributed by atoms with Gasteiger partial charge >= 0.3 is 5.97 Å². The summed E-state index contributed by atoms with van der Waals surface area (Å²) in [5.74, 6) is -2.37. The van der Waals surface area contributed by atoms with Gasteiger partial charge in [-0.05, 0) is 33.6 Å². The first-order chi connectivity index (χ1) is 11.3. The van der Waals surface area contributed by atoms with E-state index in [1.165, 1.54) is 11.1 Å². The number of nitrogens with zero attached hydrogens (tertiary/aromatic N) is 1. The number of amides is 1. The van der Waals surface area contributed by atoms with E-state index in [2.05, 4.69) is 32.9 Å². The van der Waals surface area contributed by atoms with Crippen LogP contribution in [0.2, 0.25) is 0 Å². The van der Waals surface area contributed by atoms with Crippen molar-refractivity contribution in [2.45, 2.75) is 45.3 Å². The molecule has 1 N–H and O–H groups in total. The molecule has 0 saturated carbocycles. The zero-order chi connectivity index (χ0) is 17.5. The van der Waals surface area contributed by atoms with Gasteiger partial charge in [0.15, 0.2) is 0 Å². The normalized spacial score (nSPS) is 34.0. The van der Waals surface area contributed by atoms with Crippen molar-refractivity contribution in [1.82, 2.24) is 4.90 Å². The highest BCUT2D eigenvalue weighted by Gasteiger charge is 2.66. The Morgan fingerprint density at radius 2 is 2.17 bits per heavy atom. The summed E-state index contributed by atoms with van der Waals surface area (Å²) in [4.78, 5) is 26.0. The molecule has 0 aromatic heterocycles. The number of ether oxygens (including phenoxy) is 1. The van der Waals surface area contributed by atoms with Crippen LogP contribution in [0.15, 0.2) is 35.5 Å². The minimum Gasteiger partial charge on any atom is -0.481 e. The molecule has 1 amide bonds. The van der Waals surface area contributed by atoms with Crippen LogP contribution < -0.4 is 0 Å². The minimum atomic E-state index is -0.945. The first-order valence-corrected chi connectivity index (χ1v) is 8.52. The third-order valence-electron chi connectivity index (χ3n) is 5.22. The molecule has 24 heavy (non-hydrogen) atoms. The van der Waals surface area contributed by atoms with Gasteiger partial charge in [-0.2, -0.15) is 0 Å². The topological polar surface area (TPSA) is 66.8 Å². The van der Waals surface area contributed by atoms with E-state index in [1.807, 2.05) is 6.08 Å². The molecule has 0 radical (unpaired) electrons. The molecule has 2 bridgehead atoms. The molecule has 3 heterocycles. The predicted molar refractivity (Wildman–Crippen MR) is 90.4 cm³/mol. The van der Waals surface area contributed by atoms with Crippen molar-refractivity contribution in [3.05, 3.63) is 35.5 Å². The van der Waals surface area contributed by atoms with Gasteiger partial charge in [-0.25, -0.2) is 0 Å². The minimum absolute atomic E-state index is 0.0948. The molecule has 0 aromatic carbocycles. The number of aliphatic carboxylic acids is 1. The monoisotopic (exact) mass is 331 g/mol. The molecular weight excluding hydrogens is 306 g/mol. The number of hydrogen-bond acceptors (Lipinski definition) is 3. The molecule has 3 aliphatic heterocycles. The highest BCUT2D eigenvalue weighted by Crippen LogP contribution is 2.51. The average molecular weight is 331 g/mol. The first kappa shape index (κ1) is 17.0. The summed E-state index contributed by atoms with van der Waals surface area (Å²) < 4.78 is 5.87. The lowest BCUT2D eigenvalue weighted by molar-refractivity contribution is -0.147. The number of carbonyl (C=O) groups excluding carboxylic acids is 1. The molecular formula is C19H25NO4. The van der Waals surface area contributed by atoms with E-state index in [-0.39, 0.29) is 5.91 Å². The fourth-order valence-corrected chi connectivity index (χ4v) is 3.97. The number of carbonyl (C=O) groups is 2. The predicted octanol–water partition coefficient (Wildman–Crippen LogP) is 2.55. The zero-order valence-corrected chi connectivity index (χ0v) is 14.5. The van der Waals surface area contributed by atoms with Gasteiger partial charge in [0.1, 0.15) is 11.5 Å². The molecule has 0 aliphatic carbocycles. The Morgan fingerprint density at radius 3 is 2.83 bits per heavy atom. The van der Waals surface area contributed by atoms with E-state index in [0.717, 1.165) is 12.8 Å². The maximum Gasteiger partial charge on any atom is 0.310 e. The molecule has 130 valence electrons. The van der Waals surface area contributed by atoms with Gasteiger partial charge in [-0.3, -0.25) is 9.59 Å². The van der Waals surface area contributed by atoms with Crippen LogP contribution in [0.1, 0.15) is 33.6 Å². The van der Waals surface area contributed by atoms with Crippen molar-refractivity contribution in [2.75, 3.05) is 13.1 Å². The van der Waals surface area contributed by atoms with E-state index in [0.29, 0.717) is 13.1 Å².